The van der Waals surface area contributed by atoms with Gasteiger partial charge in [-0.15, -0.1) is 0 Å². The first-order chi connectivity index (χ1) is 8.08. The Morgan fingerprint density at radius 2 is 2.06 bits per heavy atom. The normalized spacial score (nSPS) is 15.3. The summed E-state index contributed by atoms with van der Waals surface area (Å²) in [5.41, 5.74) is 0.814. The van der Waals surface area contributed by atoms with E-state index in [1.807, 2.05) is 11.8 Å². The quantitative estimate of drug-likeness (QED) is 0.831. The Balaban J connectivity index is 2.18. The Bertz CT molecular complexity index is 490. The van der Waals surface area contributed by atoms with Crippen molar-refractivity contribution >= 4 is 21.8 Å². The smallest absolute Gasteiger partial charge is 0.265 e. The van der Waals surface area contributed by atoms with Crippen molar-refractivity contribution in [2.24, 2.45) is 0 Å². The number of hydrogen-bond acceptors (Lipinski definition) is 2. The maximum absolute atomic E-state index is 11.9. The fraction of sp³-hybridized carbons (Fsp3) is 0.500. The number of halogens is 1. The Labute approximate surface area is 108 Å². The molecule has 0 N–H and O–H groups in total. The van der Waals surface area contributed by atoms with E-state index >= 15 is 0 Å². The molecule has 1 aromatic rings. The van der Waals surface area contributed by atoms with Crippen molar-refractivity contribution in [2.45, 2.75) is 26.3 Å². The maximum atomic E-state index is 11.9. The standard InChI is InChI=1S/C12H15BrN2O2/c1-9-6-10(13)12(17)15(7-9)8-11(16)14-4-2-3-5-14/h6-7H,2-5,8H2,1H3. The highest BCUT2D eigenvalue weighted by Gasteiger charge is 2.18. The summed E-state index contributed by atoms with van der Waals surface area (Å²) in [6.07, 6.45) is 3.86. The van der Waals surface area contributed by atoms with E-state index in [1.165, 1.54) is 4.57 Å². The highest BCUT2D eigenvalue weighted by molar-refractivity contribution is 9.10. The lowest BCUT2D eigenvalue weighted by molar-refractivity contribution is -0.130. The maximum Gasteiger partial charge on any atom is 0.265 e. The molecule has 1 aromatic heterocycles. The lowest BCUT2D eigenvalue weighted by Crippen LogP contribution is -2.34. The molecule has 0 aliphatic carbocycles. The zero-order valence-corrected chi connectivity index (χ0v) is 11.4. The molecule has 2 rings (SSSR count). The van der Waals surface area contributed by atoms with Crippen LogP contribution in [0.15, 0.2) is 21.5 Å². The molecule has 0 radical (unpaired) electrons. The van der Waals surface area contributed by atoms with E-state index in [0.717, 1.165) is 31.5 Å². The van der Waals surface area contributed by atoms with Crippen LogP contribution < -0.4 is 5.56 Å². The molecule has 0 unspecified atom stereocenters. The molecule has 0 saturated carbocycles. The Morgan fingerprint density at radius 3 is 2.71 bits per heavy atom. The van der Waals surface area contributed by atoms with E-state index in [2.05, 4.69) is 15.9 Å². The van der Waals surface area contributed by atoms with Gasteiger partial charge in [-0.1, -0.05) is 0 Å². The first-order valence-electron chi connectivity index (χ1n) is 5.72. The van der Waals surface area contributed by atoms with Crippen LogP contribution in [0.2, 0.25) is 0 Å². The monoisotopic (exact) mass is 298 g/mol. The highest BCUT2D eigenvalue weighted by atomic mass is 79.9. The van der Waals surface area contributed by atoms with Gasteiger partial charge in [-0.3, -0.25) is 9.59 Å². The largest absolute Gasteiger partial charge is 0.341 e. The summed E-state index contributed by atoms with van der Waals surface area (Å²) < 4.78 is 1.98. The molecule has 1 aliphatic rings. The summed E-state index contributed by atoms with van der Waals surface area (Å²) in [5.74, 6) is 0.0297. The number of aryl methyl sites for hydroxylation is 1. The molecule has 1 fully saturated rings. The lowest BCUT2D eigenvalue weighted by Gasteiger charge is -2.16. The first kappa shape index (κ1) is 12.4. The Morgan fingerprint density at radius 1 is 1.41 bits per heavy atom. The van der Waals surface area contributed by atoms with Crippen LogP contribution in [0.25, 0.3) is 0 Å². The van der Waals surface area contributed by atoms with Crippen LogP contribution >= 0.6 is 15.9 Å². The van der Waals surface area contributed by atoms with E-state index in [1.54, 1.807) is 12.3 Å². The van der Waals surface area contributed by atoms with Crippen LogP contribution in [0, 0.1) is 6.92 Å². The minimum Gasteiger partial charge on any atom is -0.341 e. The summed E-state index contributed by atoms with van der Waals surface area (Å²) in [7, 11) is 0. The molecule has 92 valence electrons. The minimum absolute atomic E-state index is 0.0297. The second-order valence-electron chi connectivity index (χ2n) is 4.39. The average Bonchev–Trinajstić information content (AvgIpc) is 2.78. The molecule has 4 nitrogen and oxygen atoms in total. The van der Waals surface area contributed by atoms with E-state index < -0.39 is 0 Å². The molecule has 1 amide bonds. The van der Waals surface area contributed by atoms with Crippen LogP contribution in [-0.2, 0) is 11.3 Å². The molecule has 0 spiro atoms. The van der Waals surface area contributed by atoms with Gasteiger partial charge in [0.1, 0.15) is 6.54 Å². The highest BCUT2D eigenvalue weighted by Crippen LogP contribution is 2.09. The summed E-state index contributed by atoms with van der Waals surface area (Å²) >= 11 is 3.21. The van der Waals surface area contributed by atoms with Gasteiger partial charge in [-0.05, 0) is 47.3 Å². The van der Waals surface area contributed by atoms with Crippen LogP contribution in [0.1, 0.15) is 18.4 Å². The van der Waals surface area contributed by atoms with Gasteiger partial charge in [-0.2, -0.15) is 0 Å². The third-order valence-electron chi connectivity index (χ3n) is 2.94. The molecule has 0 bridgehead atoms. The SMILES string of the molecule is Cc1cc(Br)c(=O)n(CC(=O)N2CCCC2)c1. The number of rotatable bonds is 2. The molecule has 5 heteroatoms. The van der Waals surface area contributed by atoms with Crippen molar-refractivity contribution in [1.29, 1.82) is 0 Å². The van der Waals surface area contributed by atoms with Crippen molar-refractivity contribution in [2.75, 3.05) is 13.1 Å². The van der Waals surface area contributed by atoms with Gasteiger partial charge >= 0.3 is 0 Å². The van der Waals surface area contributed by atoms with Crippen molar-refractivity contribution < 1.29 is 4.79 Å². The number of nitrogens with zero attached hydrogens (tertiary/aromatic N) is 2. The minimum atomic E-state index is -0.150. The van der Waals surface area contributed by atoms with Crippen LogP contribution in [0.4, 0.5) is 0 Å². The second kappa shape index (κ2) is 5.04. The molecule has 1 aliphatic heterocycles. The van der Waals surface area contributed by atoms with Crippen molar-refractivity contribution in [1.82, 2.24) is 9.47 Å². The van der Waals surface area contributed by atoms with Crippen molar-refractivity contribution in [3.8, 4) is 0 Å². The fourth-order valence-electron chi connectivity index (χ4n) is 2.07. The van der Waals surface area contributed by atoms with Crippen LogP contribution in [0.5, 0.6) is 0 Å². The van der Waals surface area contributed by atoms with Crippen LogP contribution in [0.3, 0.4) is 0 Å². The zero-order valence-electron chi connectivity index (χ0n) is 9.78. The van der Waals surface area contributed by atoms with Gasteiger partial charge < -0.3 is 9.47 Å². The Hall–Kier alpha value is -1.10. The van der Waals surface area contributed by atoms with Crippen LogP contribution in [-0.4, -0.2) is 28.5 Å². The topological polar surface area (TPSA) is 42.3 Å². The number of pyridine rings is 1. The van der Waals surface area contributed by atoms with E-state index in [4.69, 9.17) is 0 Å². The number of likely N-dealkylation sites (tertiary alicyclic amines) is 1. The number of carbonyl (C=O) groups excluding carboxylic acids is 1. The number of hydrogen-bond donors (Lipinski definition) is 0. The summed E-state index contributed by atoms with van der Waals surface area (Å²) in [4.78, 5) is 25.6. The van der Waals surface area contributed by atoms with Crippen molar-refractivity contribution in [3.63, 3.8) is 0 Å². The summed E-state index contributed by atoms with van der Waals surface area (Å²) in [6.45, 7) is 3.68. The average molecular weight is 299 g/mol. The lowest BCUT2D eigenvalue weighted by atomic mass is 10.3. The second-order valence-corrected chi connectivity index (χ2v) is 5.24. The number of amides is 1. The van der Waals surface area contributed by atoms with E-state index in [9.17, 15) is 9.59 Å². The third kappa shape index (κ3) is 2.77. The Kier molecular flexibility index (Phi) is 3.66. The molecule has 0 aromatic carbocycles. The first-order valence-corrected chi connectivity index (χ1v) is 6.51. The summed E-state index contributed by atoms with van der Waals surface area (Å²) in [5, 5.41) is 0. The fourth-order valence-corrected chi connectivity index (χ4v) is 2.66. The number of aromatic nitrogens is 1. The molecular weight excluding hydrogens is 284 g/mol. The third-order valence-corrected chi connectivity index (χ3v) is 3.51. The predicted molar refractivity (Wildman–Crippen MR) is 69.0 cm³/mol. The van der Waals surface area contributed by atoms with Gasteiger partial charge in [0, 0.05) is 19.3 Å². The van der Waals surface area contributed by atoms with Gasteiger partial charge in [0.2, 0.25) is 5.91 Å². The summed E-state index contributed by atoms with van der Waals surface area (Å²) in [6, 6.07) is 1.76. The molecule has 1 saturated heterocycles. The van der Waals surface area contributed by atoms with E-state index in [0.29, 0.717) is 4.47 Å². The molecule has 2 heterocycles. The van der Waals surface area contributed by atoms with E-state index in [-0.39, 0.29) is 18.0 Å². The predicted octanol–water partition coefficient (Wildman–Crippen LogP) is 1.54. The van der Waals surface area contributed by atoms with Crippen molar-refractivity contribution in [3.05, 3.63) is 32.7 Å². The van der Waals surface area contributed by atoms with Gasteiger partial charge in [-0.25, -0.2) is 0 Å². The van der Waals surface area contributed by atoms with Gasteiger partial charge in [0.15, 0.2) is 0 Å². The molecule has 17 heavy (non-hydrogen) atoms. The number of carbonyl (C=O) groups is 1. The zero-order chi connectivity index (χ0) is 12.4. The molecular formula is C12H15BrN2O2. The van der Waals surface area contributed by atoms with Gasteiger partial charge in [0.25, 0.3) is 5.56 Å². The van der Waals surface area contributed by atoms with Gasteiger partial charge in [0.05, 0.1) is 4.47 Å². The molecule has 0 atom stereocenters.